The number of nitrogens with one attached hydrogen (secondary N) is 1. The highest BCUT2D eigenvalue weighted by Gasteiger charge is 2.02. The fourth-order valence-corrected chi connectivity index (χ4v) is 2.23. The quantitative estimate of drug-likeness (QED) is 0.854. The minimum Gasteiger partial charge on any atom is -0.478 e. The molecule has 2 aromatic rings. The van der Waals surface area contributed by atoms with Crippen molar-refractivity contribution in [3.8, 4) is 0 Å². The fraction of sp³-hybridized carbons (Fsp3) is 0.154. The Kier molecular flexibility index (Phi) is 3.90. The third-order valence-corrected chi connectivity index (χ3v) is 3.14. The highest BCUT2D eigenvalue weighted by Crippen LogP contribution is 2.07. The lowest BCUT2D eigenvalue weighted by atomic mass is 10.1. The van der Waals surface area contributed by atoms with Gasteiger partial charge in [0, 0.05) is 13.1 Å². The largest absolute Gasteiger partial charge is 0.478 e. The van der Waals surface area contributed by atoms with Crippen molar-refractivity contribution in [1.29, 1.82) is 0 Å². The van der Waals surface area contributed by atoms with Gasteiger partial charge in [-0.05, 0) is 40.1 Å². The number of aromatic carboxylic acids is 1. The van der Waals surface area contributed by atoms with Gasteiger partial charge in [-0.25, -0.2) is 4.79 Å². The number of carboxylic acids is 1. The second-order valence-electron chi connectivity index (χ2n) is 3.74. The Morgan fingerprint density at radius 2 is 2.06 bits per heavy atom. The van der Waals surface area contributed by atoms with E-state index < -0.39 is 5.97 Å². The van der Waals surface area contributed by atoms with Gasteiger partial charge < -0.3 is 10.4 Å². The summed E-state index contributed by atoms with van der Waals surface area (Å²) < 4.78 is 0. The molecule has 3 nitrogen and oxygen atoms in total. The molecule has 0 radical (unpaired) electrons. The Labute approximate surface area is 104 Å². The van der Waals surface area contributed by atoms with Gasteiger partial charge >= 0.3 is 5.97 Å². The summed E-state index contributed by atoms with van der Waals surface area (Å²) in [7, 11) is 0. The van der Waals surface area contributed by atoms with E-state index in [4.69, 9.17) is 5.11 Å². The molecule has 2 N–H and O–H groups in total. The molecule has 17 heavy (non-hydrogen) atoms. The molecule has 0 spiro atoms. The van der Waals surface area contributed by atoms with Crippen LogP contribution in [0.25, 0.3) is 0 Å². The third-order valence-electron chi connectivity index (χ3n) is 2.41. The van der Waals surface area contributed by atoms with Crippen LogP contribution < -0.4 is 5.32 Å². The van der Waals surface area contributed by atoms with Gasteiger partial charge in [-0.1, -0.05) is 12.1 Å². The van der Waals surface area contributed by atoms with Crippen LogP contribution in [0.5, 0.6) is 0 Å². The van der Waals surface area contributed by atoms with Crippen molar-refractivity contribution in [2.24, 2.45) is 0 Å². The molecule has 0 aliphatic rings. The van der Waals surface area contributed by atoms with Crippen LogP contribution in [-0.4, -0.2) is 11.1 Å². The number of rotatable bonds is 5. The number of thiophene rings is 1. The average molecular weight is 247 g/mol. The maximum atomic E-state index is 10.8. The van der Waals surface area contributed by atoms with Crippen molar-refractivity contribution in [1.82, 2.24) is 5.32 Å². The molecular formula is C13H13NO2S. The summed E-state index contributed by atoms with van der Waals surface area (Å²) in [6.45, 7) is 1.48. The molecule has 1 heterocycles. The molecular weight excluding hydrogens is 234 g/mol. The van der Waals surface area contributed by atoms with Gasteiger partial charge in [-0.2, -0.15) is 11.3 Å². The van der Waals surface area contributed by atoms with Gasteiger partial charge in [0.15, 0.2) is 0 Å². The van der Waals surface area contributed by atoms with Crippen molar-refractivity contribution >= 4 is 17.3 Å². The normalized spacial score (nSPS) is 10.4. The standard InChI is InChI=1S/C13H13NO2S/c15-13(16)12-3-1-2-10(6-12)7-14-8-11-4-5-17-9-11/h1-6,9,14H,7-8H2,(H,15,16). The Morgan fingerprint density at radius 3 is 2.76 bits per heavy atom. The second kappa shape index (κ2) is 5.61. The molecule has 0 atom stereocenters. The van der Waals surface area contributed by atoms with E-state index in [1.54, 1.807) is 29.5 Å². The molecule has 0 saturated carbocycles. The lowest BCUT2D eigenvalue weighted by Crippen LogP contribution is -2.12. The van der Waals surface area contributed by atoms with Crippen molar-refractivity contribution < 1.29 is 9.90 Å². The van der Waals surface area contributed by atoms with E-state index in [1.165, 1.54) is 5.56 Å². The number of carbonyl (C=O) groups is 1. The van der Waals surface area contributed by atoms with Crippen LogP contribution in [0.15, 0.2) is 41.1 Å². The molecule has 1 aromatic heterocycles. The fourth-order valence-electron chi connectivity index (χ4n) is 1.56. The van der Waals surface area contributed by atoms with Crippen LogP contribution in [-0.2, 0) is 13.1 Å². The Hall–Kier alpha value is -1.65. The summed E-state index contributed by atoms with van der Waals surface area (Å²) in [6.07, 6.45) is 0. The van der Waals surface area contributed by atoms with E-state index in [1.807, 2.05) is 11.4 Å². The Balaban J connectivity index is 1.90. The first kappa shape index (κ1) is 11.8. The van der Waals surface area contributed by atoms with E-state index in [9.17, 15) is 4.79 Å². The summed E-state index contributed by atoms with van der Waals surface area (Å²) >= 11 is 1.67. The number of carboxylic acid groups (broad SMARTS) is 1. The van der Waals surface area contributed by atoms with Crippen molar-refractivity contribution in [3.63, 3.8) is 0 Å². The minimum absolute atomic E-state index is 0.333. The second-order valence-corrected chi connectivity index (χ2v) is 4.52. The van der Waals surface area contributed by atoms with E-state index >= 15 is 0 Å². The molecule has 0 unspecified atom stereocenters. The summed E-state index contributed by atoms with van der Waals surface area (Å²) in [5.74, 6) is -0.885. The van der Waals surface area contributed by atoms with Crippen LogP contribution in [0.2, 0.25) is 0 Å². The number of benzene rings is 1. The van der Waals surface area contributed by atoms with Crippen LogP contribution in [0.3, 0.4) is 0 Å². The first-order valence-electron chi connectivity index (χ1n) is 5.30. The highest BCUT2D eigenvalue weighted by atomic mass is 32.1. The molecule has 0 bridgehead atoms. The van der Waals surface area contributed by atoms with Crippen LogP contribution >= 0.6 is 11.3 Å². The topological polar surface area (TPSA) is 49.3 Å². The van der Waals surface area contributed by atoms with E-state index in [0.29, 0.717) is 12.1 Å². The molecule has 4 heteroatoms. The molecule has 0 aliphatic carbocycles. The van der Waals surface area contributed by atoms with Crippen LogP contribution in [0, 0.1) is 0 Å². The Bertz CT molecular complexity index is 494. The SMILES string of the molecule is O=C(O)c1cccc(CNCc2ccsc2)c1. The van der Waals surface area contributed by atoms with Crippen LogP contribution in [0.1, 0.15) is 21.5 Å². The maximum Gasteiger partial charge on any atom is 0.335 e. The highest BCUT2D eigenvalue weighted by molar-refractivity contribution is 7.07. The predicted molar refractivity (Wildman–Crippen MR) is 68.3 cm³/mol. The van der Waals surface area contributed by atoms with Gasteiger partial charge in [0.05, 0.1) is 5.56 Å². The summed E-state index contributed by atoms with van der Waals surface area (Å²) in [5.41, 5.74) is 2.57. The average Bonchev–Trinajstić information content (AvgIpc) is 2.82. The van der Waals surface area contributed by atoms with Gasteiger partial charge in [0.1, 0.15) is 0 Å². The molecule has 0 fully saturated rings. The van der Waals surface area contributed by atoms with E-state index in [2.05, 4.69) is 16.8 Å². The van der Waals surface area contributed by atoms with Gasteiger partial charge in [0.2, 0.25) is 0 Å². The number of hydrogen-bond acceptors (Lipinski definition) is 3. The first-order chi connectivity index (χ1) is 8.25. The van der Waals surface area contributed by atoms with Crippen molar-refractivity contribution in [3.05, 3.63) is 57.8 Å². The molecule has 0 aliphatic heterocycles. The zero-order chi connectivity index (χ0) is 12.1. The molecule has 2 rings (SSSR count). The Morgan fingerprint density at radius 1 is 1.24 bits per heavy atom. The minimum atomic E-state index is -0.885. The number of hydrogen-bond donors (Lipinski definition) is 2. The van der Waals surface area contributed by atoms with E-state index in [0.717, 1.165) is 12.1 Å². The zero-order valence-electron chi connectivity index (χ0n) is 9.22. The zero-order valence-corrected chi connectivity index (χ0v) is 10.0. The van der Waals surface area contributed by atoms with Crippen molar-refractivity contribution in [2.45, 2.75) is 13.1 Å². The third kappa shape index (κ3) is 3.41. The van der Waals surface area contributed by atoms with Gasteiger partial charge in [-0.15, -0.1) is 0 Å². The molecule has 0 amide bonds. The van der Waals surface area contributed by atoms with Crippen molar-refractivity contribution in [2.75, 3.05) is 0 Å². The van der Waals surface area contributed by atoms with Gasteiger partial charge in [-0.3, -0.25) is 0 Å². The monoisotopic (exact) mass is 247 g/mol. The van der Waals surface area contributed by atoms with Gasteiger partial charge in [0.25, 0.3) is 0 Å². The summed E-state index contributed by atoms with van der Waals surface area (Å²) in [6, 6.07) is 9.07. The predicted octanol–water partition coefficient (Wildman–Crippen LogP) is 2.74. The van der Waals surface area contributed by atoms with E-state index in [-0.39, 0.29) is 0 Å². The maximum absolute atomic E-state index is 10.8. The summed E-state index contributed by atoms with van der Waals surface area (Å²) in [5, 5.41) is 16.3. The lowest BCUT2D eigenvalue weighted by molar-refractivity contribution is 0.0696. The van der Waals surface area contributed by atoms with Crippen LogP contribution in [0.4, 0.5) is 0 Å². The molecule has 1 aromatic carbocycles. The summed E-state index contributed by atoms with van der Waals surface area (Å²) in [4.78, 5) is 10.8. The molecule has 0 saturated heterocycles. The molecule has 88 valence electrons. The first-order valence-corrected chi connectivity index (χ1v) is 6.24. The smallest absolute Gasteiger partial charge is 0.335 e. The lowest BCUT2D eigenvalue weighted by Gasteiger charge is -2.04.